The van der Waals surface area contributed by atoms with E-state index in [0.717, 1.165) is 61.3 Å². The molecule has 0 bridgehead atoms. The summed E-state index contributed by atoms with van der Waals surface area (Å²) >= 11 is 1.56. The molecule has 0 radical (unpaired) electrons. The number of hydrogen-bond acceptors (Lipinski definition) is 5. The number of benzene rings is 3. The van der Waals surface area contributed by atoms with Gasteiger partial charge in [-0.2, -0.15) is 0 Å². The Morgan fingerprint density at radius 2 is 1.23 bits per heavy atom. The van der Waals surface area contributed by atoms with Crippen LogP contribution in [0, 0.1) is 0 Å². The quantitative estimate of drug-likeness (QED) is 0.284. The minimum atomic E-state index is -0.998. The van der Waals surface area contributed by atoms with Crippen LogP contribution < -0.4 is 4.74 Å². The molecule has 1 heterocycles. The molecule has 0 saturated heterocycles. The zero-order valence-corrected chi connectivity index (χ0v) is 19.5. The first-order valence-electron chi connectivity index (χ1n) is 10.6. The molecule has 35 heavy (non-hydrogen) atoms. The number of ether oxygens (including phenoxy) is 1. The average molecular weight is 484 g/mol. The molecule has 6 nitrogen and oxygen atoms in total. The van der Waals surface area contributed by atoms with Gasteiger partial charge in [0.05, 0.1) is 17.7 Å². The SMILES string of the molecule is COc1ccc(-c2nc(-c3ccc(C=CC(=O)O)cc3)c(-c3ccc(C=CC(=O)O)cc3)s2)cc1. The zero-order valence-electron chi connectivity index (χ0n) is 18.7. The molecule has 0 amide bonds. The Morgan fingerprint density at radius 1 is 0.743 bits per heavy atom. The Balaban J connectivity index is 1.76. The van der Waals surface area contributed by atoms with Gasteiger partial charge in [0.25, 0.3) is 0 Å². The highest BCUT2D eigenvalue weighted by molar-refractivity contribution is 7.19. The van der Waals surface area contributed by atoms with Gasteiger partial charge in [-0.25, -0.2) is 14.6 Å². The zero-order chi connectivity index (χ0) is 24.8. The number of aromatic nitrogens is 1. The van der Waals surface area contributed by atoms with Crippen molar-refractivity contribution in [3.05, 3.63) is 96.1 Å². The van der Waals surface area contributed by atoms with Gasteiger partial charge in [-0.05, 0) is 53.1 Å². The van der Waals surface area contributed by atoms with Gasteiger partial charge >= 0.3 is 11.9 Å². The Bertz CT molecular complexity index is 1310. The lowest BCUT2D eigenvalue weighted by atomic mass is 10.0. The number of carboxylic acids is 2. The predicted octanol–water partition coefficient (Wildman–Crippen LogP) is 6.35. The lowest BCUT2D eigenvalue weighted by Gasteiger charge is -2.04. The molecule has 4 aromatic rings. The average Bonchev–Trinajstić information content (AvgIpc) is 3.32. The summed E-state index contributed by atoms with van der Waals surface area (Å²) in [5.41, 5.74) is 5.19. The Labute approximate surface area is 206 Å². The first-order valence-corrected chi connectivity index (χ1v) is 11.4. The Kier molecular flexibility index (Phi) is 7.18. The van der Waals surface area contributed by atoms with Gasteiger partial charge in [0.2, 0.25) is 0 Å². The smallest absolute Gasteiger partial charge is 0.328 e. The fraction of sp³-hybridized carbons (Fsp3) is 0.0357. The molecule has 7 heteroatoms. The van der Waals surface area contributed by atoms with Crippen molar-refractivity contribution in [1.29, 1.82) is 0 Å². The van der Waals surface area contributed by atoms with E-state index in [1.165, 1.54) is 0 Å². The number of nitrogens with zero attached hydrogens (tertiary/aromatic N) is 1. The second kappa shape index (κ2) is 10.6. The highest BCUT2D eigenvalue weighted by atomic mass is 32.1. The van der Waals surface area contributed by atoms with Gasteiger partial charge in [0, 0.05) is 23.3 Å². The van der Waals surface area contributed by atoms with Gasteiger partial charge in [-0.15, -0.1) is 11.3 Å². The molecule has 2 N–H and O–H groups in total. The molecule has 1 aromatic heterocycles. The summed E-state index contributed by atoms with van der Waals surface area (Å²) < 4.78 is 5.26. The van der Waals surface area contributed by atoms with Crippen LogP contribution in [0.25, 0.3) is 44.4 Å². The van der Waals surface area contributed by atoms with Crippen molar-refractivity contribution >= 4 is 35.4 Å². The van der Waals surface area contributed by atoms with E-state index in [-0.39, 0.29) is 0 Å². The summed E-state index contributed by atoms with van der Waals surface area (Å²) in [6.45, 7) is 0. The minimum absolute atomic E-state index is 0.765. The molecule has 0 atom stereocenters. The van der Waals surface area contributed by atoms with Gasteiger partial charge in [-0.3, -0.25) is 0 Å². The summed E-state index contributed by atoms with van der Waals surface area (Å²) in [5, 5.41) is 18.6. The topological polar surface area (TPSA) is 96.7 Å². The van der Waals surface area contributed by atoms with Crippen LogP contribution in [-0.4, -0.2) is 34.2 Å². The first-order chi connectivity index (χ1) is 16.9. The van der Waals surface area contributed by atoms with E-state index in [9.17, 15) is 9.59 Å². The van der Waals surface area contributed by atoms with Crippen LogP contribution in [0.4, 0.5) is 0 Å². The molecule has 174 valence electrons. The third kappa shape index (κ3) is 5.90. The summed E-state index contributed by atoms with van der Waals surface area (Å²) in [6.07, 6.45) is 5.30. The largest absolute Gasteiger partial charge is 0.497 e. The fourth-order valence-electron chi connectivity index (χ4n) is 3.40. The number of carbonyl (C=O) groups is 2. The van der Waals surface area contributed by atoms with Crippen LogP contribution >= 0.6 is 11.3 Å². The number of hydrogen-bond donors (Lipinski definition) is 2. The molecule has 3 aromatic carbocycles. The molecule has 0 unspecified atom stereocenters. The molecule has 0 saturated carbocycles. The second-order valence-electron chi connectivity index (χ2n) is 7.51. The van der Waals surface area contributed by atoms with Crippen molar-refractivity contribution < 1.29 is 24.5 Å². The summed E-state index contributed by atoms with van der Waals surface area (Å²) in [6, 6.07) is 22.9. The highest BCUT2D eigenvalue weighted by Gasteiger charge is 2.16. The van der Waals surface area contributed by atoms with E-state index >= 15 is 0 Å². The van der Waals surface area contributed by atoms with Crippen LogP contribution in [0.15, 0.2) is 84.9 Å². The maximum absolute atomic E-state index is 10.8. The third-order valence-corrected chi connectivity index (χ3v) is 6.31. The van der Waals surface area contributed by atoms with Crippen molar-refractivity contribution in [2.24, 2.45) is 0 Å². The molecule has 0 aliphatic rings. The van der Waals surface area contributed by atoms with Crippen LogP contribution in [-0.2, 0) is 9.59 Å². The Hall–Kier alpha value is -4.49. The van der Waals surface area contributed by atoms with Gasteiger partial charge in [0.1, 0.15) is 10.8 Å². The van der Waals surface area contributed by atoms with Crippen molar-refractivity contribution in [1.82, 2.24) is 4.98 Å². The van der Waals surface area contributed by atoms with E-state index in [1.807, 2.05) is 72.8 Å². The first kappa shape index (κ1) is 23.7. The standard InChI is InChI=1S/C28H21NO5S/c1-34-23-14-12-22(13-15-23)28-29-26(20-8-2-18(3-9-20)6-16-24(30)31)27(35-28)21-10-4-19(5-11-21)7-17-25(32)33/h2-17H,1H3,(H,30,31)(H,32,33). The lowest BCUT2D eigenvalue weighted by Crippen LogP contribution is -1.87. The Morgan fingerprint density at radius 3 is 1.71 bits per heavy atom. The molecular weight excluding hydrogens is 462 g/mol. The van der Waals surface area contributed by atoms with Gasteiger partial charge < -0.3 is 14.9 Å². The number of thiazole rings is 1. The monoisotopic (exact) mass is 483 g/mol. The van der Waals surface area contributed by atoms with Crippen molar-refractivity contribution in [2.75, 3.05) is 7.11 Å². The van der Waals surface area contributed by atoms with E-state index in [0.29, 0.717) is 0 Å². The van der Waals surface area contributed by atoms with Crippen molar-refractivity contribution in [2.45, 2.75) is 0 Å². The normalized spacial score (nSPS) is 11.2. The van der Waals surface area contributed by atoms with E-state index in [2.05, 4.69) is 0 Å². The summed E-state index contributed by atoms with van der Waals surface area (Å²) in [5.74, 6) is -1.23. The molecule has 0 aliphatic carbocycles. The number of rotatable bonds is 8. The summed E-state index contributed by atoms with van der Waals surface area (Å²) in [7, 11) is 1.62. The van der Waals surface area contributed by atoms with Crippen molar-refractivity contribution in [3.8, 4) is 38.0 Å². The maximum atomic E-state index is 10.8. The number of carboxylic acid groups (broad SMARTS) is 2. The molecule has 4 rings (SSSR count). The molecule has 0 fully saturated rings. The number of aliphatic carboxylic acids is 2. The lowest BCUT2D eigenvalue weighted by molar-refractivity contribution is -0.132. The highest BCUT2D eigenvalue weighted by Crippen LogP contribution is 2.41. The van der Waals surface area contributed by atoms with E-state index < -0.39 is 11.9 Å². The fourth-order valence-corrected chi connectivity index (χ4v) is 4.50. The molecule has 0 aliphatic heterocycles. The maximum Gasteiger partial charge on any atom is 0.328 e. The molecular formula is C28H21NO5S. The van der Waals surface area contributed by atoms with Crippen molar-refractivity contribution in [3.63, 3.8) is 0 Å². The van der Waals surface area contributed by atoms with Gasteiger partial charge in [0.15, 0.2) is 0 Å². The van der Waals surface area contributed by atoms with Crippen LogP contribution in [0.2, 0.25) is 0 Å². The van der Waals surface area contributed by atoms with Crippen LogP contribution in [0.1, 0.15) is 11.1 Å². The third-order valence-electron chi connectivity index (χ3n) is 5.16. The minimum Gasteiger partial charge on any atom is -0.497 e. The van der Waals surface area contributed by atoms with E-state index in [1.54, 1.807) is 30.6 Å². The molecule has 0 spiro atoms. The van der Waals surface area contributed by atoms with Crippen LogP contribution in [0.3, 0.4) is 0 Å². The number of methoxy groups -OCH3 is 1. The van der Waals surface area contributed by atoms with E-state index in [4.69, 9.17) is 19.9 Å². The van der Waals surface area contributed by atoms with Crippen LogP contribution in [0.5, 0.6) is 5.75 Å². The van der Waals surface area contributed by atoms with Gasteiger partial charge in [-0.1, -0.05) is 48.5 Å². The predicted molar refractivity (Wildman–Crippen MR) is 138 cm³/mol. The second-order valence-corrected chi connectivity index (χ2v) is 8.51. The summed E-state index contributed by atoms with van der Waals surface area (Å²) in [4.78, 5) is 27.5.